The van der Waals surface area contributed by atoms with E-state index < -0.39 is 0 Å². The Kier molecular flexibility index (Phi) is 2.88. The number of rotatable bonds is 4. The Bertz CT molecular complexity index is 520. The van der Waals surface area contributed by atoms with Gasteiger partial charge in [-0.25, -0.2) is 0 Å². The molecule has 0 radical (unpaired) electrons. The van der Waals surface area contributed by atoms with Gasteiger partial charge in [0.25, 0.3) is 0 Å². The molecule has 18 heavy (non-hydrogen) atoms. The molecule has 94 valence electrons. The van der Waals surface area contributed by atoms with Crippen molar-refractivity contribution in [3.05, 3.63) is 47.8 Å². The minimum atomic E-state index is 0.187. The molecule has 1 aromatic carbocycles. The molecular formula is C14H18N4. The topological polar surface area (TPSA) is 56.7 Å². The predicted molar refractivity (Wildman–Crippen MR) is 70.0 cm³/mol. The maximum Gasteiger partial charge on any atom is 0.0842 e. The smallest absolute Gasteiger partial charge is 0.0842 e. The molecule has 0 amide bonds. The number of benzene rings is 1. The highest BCUT2D eigenvalue weighted by Gasteiger charge is 2.42. The highest BCUT2D eigenvalue weighted by Crippen LogP contribution is 2.49. The highest BCUT2D eigenvalue weighted by atomic mass is 15.4. The normalized spacial score (nSPS) is 23.9. The number of hydrogen-bond donors (Lipinski definition) is 1. The van der Waals surface area contributed by atoms with Gasteiger partial charge in [0, 0.05) is 25.7 Å². The first-order chi connectivity index (χ1) is 8.74. The summed E-state index contributed by atoms with van der Waals surface area (Å²) < 4.78 is 1.73. The van der Waals surface area contributed by atoms with Gasteiger partial charge in [0.15, 0.2) is 0 Å². The van der Waals surface area contributed by atoms with Crippen molar-refractivity contribution in [2.24, 2.45) is 18.7 Å². The molecule has 4 nitrogen and oxygen atoms in total. The van der Waals surface area contributed by atoms with Crippen LogP contribution in [0.4, 0.5) is 0 Å². The Morgan fingerprint density at radius 2 is 2.17 bits per heavy atom. The molecular weight excluding hydrogens is 224 g/mol. The van der Waals surface area contributed by atoms with Crippen LogP contribution in [0.15, 0.2) is 36.5 Å². The van der Waals surface area contributed by atoms with Gasteiger partial charge < -0.3 is 5.73 Å². The Hall–Kier alpha value is -1.68. The summed E-state index contributed by atoms with van der Waals surface area (Å²) >= 11 is 0. The van der Waals surface area contributed by atoms with Gasteiger partial charge in [0.2, 0.25) is 0 Å². The largest absolute Gasteiger partial charge is 0.327 e. The fourth-order valence-corrected chi connectivity index (χ4v) is 2.65. The van der Waals surface area contributed by atoms with Crippen molar-refractivity contribution >= 4 is 0 Å². The van der Waals surface area contributed by atoms with Crippen LogP contribution in [0.2, 0.25) is 0 Å². The van der Waals surface area contributed by atoms with Crippen LogP contribution in [-0.2, 0) is 13.5 Å². The van der Waals surface area contributed by atoms with Crippen molar-refractivity contribution in [3.63, 3.8) is 0 Å². The van der Waals surface area contributed by atoms with Crippen molar-refractivity contribution in [3.8, 4) is 0 Å². The Morgan fingerprint density at radius 3 is 2.83 bits per heavy atom. The summed E-state index contributed by atoms with van der Waals surface area (Å²) in [4.78, 5) is 0. The average molecular weight is 242 g/mol. The number of aromatic nitrogens is 3. The molecule has 2 aromatic rings. The summed E-state index contributed by atoms with van der Waals surface area (Å²) in [5.74, 6) is 1.23. The molecule has 1 heterocycles. The molecule has 4 heteroatoms. The standard InChI is InChI=1S/C14H18N4/c1-18-9-11(16-17-18)7-14(15)13-8-12(13)10-5-3-2-4-6-10/h2-6,9,12-14H,7-8,15H2,1H3. The number of hydrogen-bond acceptors (Lipinski definition) is 3. The van der Waals surface area contributed by atoms with E-state index in [1.54, 1.807) is 4.68 Å². The van der Waals surface area contributed by atoms with Crippen LogP contribution < -0.4 is 5.73 Å². The van der Waals surface area contributed by atoms with Crippen LogP contribution in [0.3, 0.4) is 0 Å². The third-order valence-electron chi connectivity index (χ3n) is 3.71. The second-order valence-corrected chi connectivity index (χ2v) is 5.17. The van der Waals surface area contributed by atoms with Gasteiger partial charge in [-0.05, 0) is 23.8 Å². The first-order valence-electron chi connectivity index (χ1n) is 6.40. The van der Waals surface area contributed by atoms with Crippen molar-refractivity contribution in [1.29, 1.82) is 0 Å². The van der Waals surface area contributed by atoms with Crippen molar-refractivity contribution in [2.75, 3.05) is 0 Å². The Labute approximate surface area is 107 Å². The molecule has 1 fully saturated rings. The van der Waals surface area contributed by atoms with Gasteiger partial charge in [-0.3, -0.25) is 4.68 Å². The first kappa shape index (κ1) is 11.4. The van der Waals surface area contributed by atoms with Crippen LogP contribution in [0, 0.1) is 5.92 Å². The van der Waals surface area contributed by atoms with E-state index in [-0.39, 0.29) is 6.04 Å². The van der Waals surface area contributed by atoms with E-state index in [1.165, 1.54) is 12.0 Å². The summed E-state index contributed by atoms with van der Waals surface area (Å²) in [5, 5.41) is 8.03. The Morgan fingerprint density at radius 1 is 1.39 bits per heavy atom. The van der Waals surface area contributed by atoms with Crippen molar-refractivity contribution in [2.45, 2.75) is 24.8 Å². The summed E-state index contributed by atoms with van der Waals surface area (Å²) in [5.41, 5.74) is 8.67. The van der Waals surface area contributed by atoms with Crippen LogP contribution in [-0.4, -0.2) is 21.0 Å². The molecule has 1 aliphatic rings. The molecule has 3 atom stereocenters. The van der Waals surface area contributed by atoms with Gasteiger partial charge >= 0.3 is 0 Å². The highest BCUT2D eigenvalue weighted by molar-refractivity contribution is 5.26. The molecule has 1 saturated carbocycles. The molecule has 3 rings (SSSR count). The van der Waals surface area contributed by atoms with Gasteiger partial charge in [-0.15, -0.1) is 5.10 Å². The van der Waals surface area contributed by atoms with E-state index in [1.807, 2.05) is 13.2 Å². The Balaban J connectivity index is 1.61. The summed E-state index contributed by atoms with van der Waals surface area (Å²) in [6.07, 6.45) is 3.97. The van der Waals surface area contributed by atoms with E-state index in [0.29, 0.717) is 11.8 Å². The molecule has 0 saturated heterocycles. The van der Waals surface area contributed by atoms with Crippen LogP contribution in [0.25, 0.3) is 0 Å². The van der Waals surface area contributed by atoms with Crippen LogP contribution >= 0.6 is 0 Å². The monoisotopic (exact) mass is 242 g/mol. The predicted octanol–water partition coefficient (Wildman–Crippen LogP) is 1.49. The zero-order chi connectivity index (χ0) is 12.5. The quantitative estimate of drug-likeness (QED) is 0.883. The molecule has 0 aliphatic heterocycles. The maximum absolute atomic E-state index is 6.27. The van der Waals surface area contributed by atoms with E-state index in [4.69, 9.17) is 5.73 Å². The lowest BCUT2D eigenvalue weighted by molar-refractivity contribution is 0.570. The molecule has 3 unspecified atom stereocenters. The summed E-state index contributed by atoms with van der Waals surface area (Å²) in [6.45, 7) is 0. The zero-order valence-electron chi connectivity index (χ0n) is 10.5. The van der Waals surface area contributed by atoms with Crippen LogP contribution in [0.5, 0.6) is 0 Å². The third kappa shape index (κ3) is 2.29. The molecule has 0 bridgehead atoms. The van der Waals surface area contributed by atoms with Crippen molar-refractivity contribution < 1.29 is 0 Å². The van der Waals surface area contributed by atoms with E-state index in [0.717, 1.165) is 12.1 Å². The van der Waals surface area contributed by atoms with E-state index >= 15 is 0 Å². The lowest BCUT2D eigenvalue weighted by Gasteiger charge is -2.09. The second-order valence-electron chi connectivity index (χ2n) is 5.17. The van der Waals surface area contributed by atoms with Gasteiger partial charge in [0.05, 0.1) is 5.69 Å². The van der Waals surface area contributed by atoms with Crippen LogP contribution in [0.1, 0.15) is 23.6 Å². The summed E-state index contributed by atoms with van der Waals surface area (Å²) in [6, 6.07) is 10.8. The lowest BCUT2D eigenvalue weighted by atomic mass is 10.0. The molecule has 1 aromatic heterocycles. The lowest BCUT2D eigenvalue weighted by Crippen LogP contribution is -2.26. The fourth-order valence-electron chi connectivity index (χ4n) is 2.65. The van der Waals surface area contributed by atoms with Gasteiger partial charge in [-0.2, -0.15) is 0 Å². The van der Waals surface area contributed by atoms with Gasteiger partial charge in [-0.1, -0.05) is 35.5 Å². The second kappa shape index (κ2) is 4.53. The molecule has 2 N–H and O–H groups in total. The maximum atomic E-state index is 6.27. The zero-order valence-corrected chi connectivity index (χ0v) is 10.5. The number of nitrogens with zero attached hydrogens (tertiary/aromatic N) is 3. The van der Waals surface area contributed by atoms with E-state index in [9.17, 15) is 0 Å². The SMILES string of the molecule is Cn1cc(CC(N)C2CC2c2ccccc2)nn1. The fraction of sp³-hybridized carbons (Fsp3) is 0.429. The minimum absolute atomic E-state index is 0.187. The minimum Gasteiger partial charge on any atom is -0.327 e. The first-order valence-corrected chi connectivity index (χ1v) is 6.40. The number of nitrogens with two attached hydrogens (primary N) is 1. The van der Waals surface area contributed by atoms with Crippen molar-refractivity contribution in [1.82, 2.24) is 15.0 Å². The van der Waals surface area contributed by atoms with Gasteiger partial charge in [0.1, 0.15) is 0 Å². The molecule has 1 aliphatic carbocycles. The van der Waals surface area contributed by atoms with E-state index in [2.05, 4.69) is 40.6 Å². The number of aryl methyl sites for hydroxylation is 1. The third-order valence-corrected chi connectivity index (χ3v) is 3.71. The summed E-state index contributed by atoms with van der Waals surface area (Å²) in [7, 11) is 1.88. The average Bonchev–Trinajstić information content (AvgIpc) is 3.09. The molecule has 0 spiro atoms.